The molecule has 196 valence electrons. The molecular formula is C25H37NO9. The third-order valence-electron chi connectivity index (χ3n) is 4.76. The quantitative estimate of drug-likeness (QED) is 0.205. The van der Waals surface area contributed by atoms with Gasteiger partial charge in [0.2, 0.25) is 0 Å². The summed E-state index contributed by atoms with van der Waals surface area (Å²) in [6, 6.07) is 3.97. The molecule has 0 unspecified atom stereocenters. The van der Waals surface area contributed by atoms with E-state index in [9.17, 15) is 24.3 Å². The van der Waals surface area contributed by atoms with Gasteiger partial charge in [0.15, 0.2) is 11.5 Å². The molecule has 0 spiro atoms. The Morgan fingerprint density at radius 2 is 1.51 bits per heavy atom. The van der Waals surface area contributed by atoms with Crippen LogP contribution in [0.3, 0.4) is 0 Å². The monoisotopic (exact) mass is 495 g/mol. The smallest absolute Gasteiger partial charge is 0.477 e. The highest BCUT2D eigenvalue weighted by Crippen LogP contribution is 2.31. The zero-order valence-electron chi connectivity index (χ0n) is 21.2. The van der Waals surface area contributed by atoms with Crippen LogP contribution in [0.1, 0.15) is 78.7 Å². The number of aliphatic carboxylic acids is 1. The predicted molar refractivity (Wildman–Crippen MR) is 127 cm³/mol. The Morgan fingerprint density at radius 1 is 0.943 bits per heavy atom. The Hall–Kier alpha value is -3.14. The van der Waals surface area contributed by atoms with Crippen LogP contribution < -0.4 is 14.8 Å². The third kappa shape index (κ3) is 10.3. The topological polar surface area (TPSA) is 137 Å². The van der Waals surface area contributed by atoms with Gasteiger partial charge in [-0.25, -0.2) is 9.59 Å². The molecule has 0 aliphatic heterocycles. The predicted octanol–water partition coefficient (Wildman–Crippen LogP) is 4.37. The number of carboxylic acid groups (broad SMARTS) is 1. The lowest BCUT2D eigenvalue weighted by Crippen LogP contribution is -2.59. The van der Waals surface area contributed by atoms with Crippen molar-refractivity contribution in [3.63, 3.8) is 0 Å². The molecule has 1 rings (SSSR count). The number of rotatable bonds is 15. The molecule has 35 heavy (non-hydrogen) atoms. The van der Waals surface area contributed by atoms with Gasteiger partial charge in [0.25, 0.3) is 5.72 Å². The van der Waals surface area contributed by atoms with Crippen LogP contribution in [0.4, 0.5) is 4.79 Å². The van der Waals surface area contributed by atoms with Crippen molar-refractivity contribution in [1.82, 2.24) is 5.32 Å². The Kier molecular flexibility index (Phi) is 12.8. The summed E-state index contributed by atoms with van der Waals surface area (Å²) in [5.41, 5.74) is -1.79. The van der Waals surface area contributed by atoms with Crippen molar-refractivity contribution >= 4 is 24.1 Å². The summed E-state index contributed by atoms with van der Waals surface area (Å²) in [5, 5.41) is 12.7. The van der Waals surface area contributed by atoms with Crippen LogP contribution in [-0.4, -0.2) is 47.5 Å². The fraction of sp³-hybridized carbons (Fsp3) is 0.600. The highest BCUT2D eigenvalue weighted by atomic mass is 16.7. The van der Waals surface area contributed by atoms with E-state index in [0.29, 0.717) is 18.4 Å². The maximum Gasteiger partial charge on any atom is 0.510 e. The van der Waals surface area contributed by atoms with E-state index in [1.165, 1.54) is 18.2 Å². The molecular weight excluding hydrogens is 458 g/mol. The van der Waals surface area contributed by atoms with Gasteiger partial charge < -0.3 is 24.1 Å². The summed E-state index contributed by atoms with van der Waals surface area (Å²) in [5.74, 6) is -2.40. The van der Waals surface area contributed by atoms with Crippen molar-refractivity contribution in [2.24, 2.45) is 0 Å². The van der Waals surface area contributed by atoms with Crippen LogP contribution in [0.25, 0.3) is 0 Å². The van der Waals surface area contributed by atoms with Gasteiger partial charge >= 0.3 is 24.1 Å². The normalized spacial score (nSPS) is 12.5. The van der Waals surface area contributed by atoms with E-state index in [-0.39, 0.29) is 43.4 Å². The average molecular weight is 496 g/mol. The van der Waals surface area contributed by atoms with Crippen molar-refractivity contribution < 1.29 is 43.2 Å². The molecule has 10 nitrogen and oxygen atoms in total. The average Bonchev–Trinajstić information content (AvgIpc) is 2.77. The summed E-state index contributed by atoms with van der Waals surface area (Å²) in [6.07, 6.45) is 1.79. The number of hydrogen-bond acceptors (Lipinski definition) is 9. The Morgan fingerprint density at radius 3 is 2.00 bits per heavy atom. The molecule has 1 aromatic carbocycles. The van der Waals surface area contributed by atoms with Crippen LogP contribution in [0.5, 0.6) is 11.5 Å². The van der Waals surface area contributed by atoms with Crippen LogP contribution >= 0.6 is 0 Å². The molecule has 2 N–H and O–H groups in total. The summed E-state index contributed by atoms with van der Waals surface area (Å²) in [7, 11) is 0. The number of ether oxygens (including phenoxy) is 4. The van der Waals surface area contributed by atoms with Crippen LogP contribution in [0, 0.1) is 0 Å². The zero-order valence-corrected chi connectivity index (χ0v) is 21.2. The van der Waals surface area contributed by atoms with Crippen LogP contribution in [0.2, 0.25) is 0 Å². The SMILES string of the molecule is CCCCC(=O)Oc1ccc(C[C@](NC(C)C)(OC(=O)OCC)C(=O)O)cc1OC(=O)CCCC. The number of nitrogens with one attached hydrogen (secondary N) is 1. The van der Waals surface area contributed by atoms with Gasteiger partial charge in [-0.2, -0.15) is 0 Å². The number of hydrogen-bond donors (Lipinski definition) is 2. The lowest BCUT2D eigenvalue weighted by atomic mass is 10.0. The van der Waals surface area contributed by atoms with E-state index < -0.39 is 29.8 Å². The number of carboxylic acids is 1. The first-order valence-electron chi connectivity index (χ1n) is 12.0. The molecule has 0 bridgehead atoms. The minimum Gasteiger partial charge on any atom is -0.477 e. The standard InChI is InChI=1S/C25H37NO9/c1-6-9-11-21(27)33-19-14-13-18(15-20(19)34-22(28)12-10-7-2)16-25(23(29)30,26-17(4)5)35-24(31)32-8-3/h13-15,17,26H,6-12,16H2,1-5H3,(H,29,30)/t25-/m0/s1. The maximum atomic E-state index is 12.3. The van der Waals surface area contributed by atoms with Crippen LogP contribution in [0.15, 0.2) is 18.2 Å². The highest BCUT2D eigenvalue weighted by molar-refractivity contribution is 5.81. The molecule has 0 aromatic heterocycles. The number of esters is 2. The van der Waals surface area contributed by atoms with E-state index in [4.69, 9.17) is 18.9 Å². The van der Waals surface area contributed by atoms with Gasteiger partial charge in [0.1, 0.15) is 0 Å². The summed E-state index contributed by atoms with van der Waals surface area (Å²) in [6.45, 7) is 8.86. The van der Waals surface area contributed by atoms with Gasteiger partial charge in [-0.1, -0.05) is 32.8 Å². The molecule has 0 radical (unpaired) electrons. The molecule has 0 amide bonds. The van der Waals surface area contributed by atoms with Crippen LogP contribution in [-0.2, 0) is 30.3 Å². The second-order valence-electron chi connectivity index (χ2n) is 8.33. The van der Waals surface area contributed by atoms with Gasteiger partial charge in [0, 0.05) is 25.3 Å². The molecule has 0 saturated carbocycles. The lowest BCUT2D eigenvalue weighted by molar-refractivity contribution is -0.166. The summed E-state index contributed by atoms with van der Waals surface area (Å²) >= 11 is 0. The fourth-order valence-electron chi connectivity index (χ4n) is 3.16. The molecule has 0 fully saturated rings. The van der Waals surface area contributed by atoms with E-state index in [0.717, 1.165) is 12.8 Å². The van der Waals surface area contributed by atoms with E-state index in [2.05, 4.69) is 5.32 Å². The first-order chi connectivity index (χ1) is 16.6. The van der Waals surface area contributed by atoms with E-state index in [1.807, 2.05) is 13.8 Å². The molecule has 0 aliphatic carbocycles. The zero-order chi connectivity index (χ0) is 26.4. The van der Waals surface area contributed by atoms with Crippen molar-refractivity contribution in [2.45, 2.75) is 91.3 Å². The van der Waals surface area contributed by atoms with Crippen molar-refractivity contribution in [3.8, 4) is 11.5 Å². The van der Waals surface area contributed by atoms with Gasteiger partial charge in [0.05, 0.1) is 6.61 Å². The summed E-state index contributed by atoms with van der Waals surface area (Å²) in [4.78, 5) is 48.7. The molecule has 0 heterocycles. The molecule has 0 aliphatic rings. The largest absolute Gasteiger partial charge is 0.510 e. The number of carbonyl (C=O) groups is 4. The Balaban J connectivity index is 3.35. The van der Waals surface area contributed by atoms with Crippen molar-refractivity contribution in [1.29, 1.82) is 0 Å². The van der Waals surface area contributed by atoms with E-state index in [1.54, 1.807) is 20.8 Å². The number of benzene rings is 1. The Labute approximate surface area is 206 Å². The minimum absolute atomic E-state index is 0.00612. The lowest BCUT2D eigenvalue weighted by Gasteiger charge is -2.31. The second kappa shape index (κ2) is 15.0. The second-order valence-corrected chi connectivity index (χ2v) is 8.33. The van der Waals surface area contributed by atoms with Gasteiger partial charge in [-0.15, -0.1) is 0 Å². The minimum atomic E-state index is -2.15. The first-order valence-corrected chi connectivity index (χ1v) is 12.0. The highest BCUT2D eigenvalue weighted by Gasteiger charge is 2.44. The van der Waals surface area contributed by atoms with E-state index >= 15 is 0 Å². The fourth-order valence-corrected chi connectivity index (χ4v) is 3.16. The van der Waals surface area contributed by atoms with Crippen molar-refractivity contribution in [2.75, 3.05) is 6.61 Å². The molecule has 10 heteroatoms. The molecule has 1 atom stereocenters. The number of carbonyl (C=O) groups excluding carboxylic acids is 3. The first kappa shape index (κ1) is 29.9. The van der Waals surface area contributed by atoms with Gasteiger partial charge in [-0.3, -0.25) is 14.9 Å². The summed E-state index contributed by atoms with van der Waals surface area (Å²) < 4.78 is 20.8. The van der Waals surface area contributed by atoms with Gasteiger partial charge in [-0.05, 0) is 51.3 Å². The molecule has 1 aromatic rings. The molecule has 0 saturated heterocycles. The van der Waals surface area contributed by atoms with Crippen molar-refractivity contribution in [3.05, 3.63) is 23.8 Å². The third-order valence-corrected chi connectivity index (χ3v) is 4.76. The Bertz CT molecular complexity index is 868. The number of unbranched alkanes of at least 4 members (excludes halogenated alkanes) is 2. The maximum absolute atomic E-state index is 12.3.